The molecule has 9 heteroatoms. The summed E-state index contributed by atoms with van der Waals surface area (Å²) in [4.78, 5) is 10.3. The van der Waals surface area contributed by atoms with E-state index >= 15 is 0 Å². The molecule has 0 bridgehead atoms. The molecule has 1 aromatic heterocycles. The van der Waals surface area contributed by atoms with E-state index in [1.165, 1.54) is 11.1 Å². The molecule has 2 N–H and O–H groups in total. The van der Waals surface area contributed by atoms with Crippen LogP contribution in [0.15, 0.2) is 34.6 Å². The first-order valence-corrected chi connectivity index (χ1v) is 10.2. The highest BCUT2D eigenvalue weighted by atomic mass is 32.1. The number of hydrogen-bond donors (Lipinski definition) is 2. The van der Waals surface area contributed by atoms with E-state index < -0.39 is 11.9 Å². The highest BCUT2D eigenvalue weighted by Gasteiger charge is 2.33. The van der Waals surface area contributed by atoms with Crippen LogP contribution >= 0.6 is 11.3 Å². The van der Waals surface area contributed by atoms with Gasteiger partial charge in [0.15, 0.2) is 11.7 Å². The summed E-state index contributed by atoms with van der Waals surface area (Å²) >= 11 is 0.975. The minimum atomic E-state index is -4.41. The smallest absolute Gasteiger partial charge is 0.357 e. The van der Waals surface area contributed by atoms with E-state index in [4.69, 9.17) is 0 Å². The number of guanidine groups is 1. The van der Waals surface area contributed by atoms with Gasteiger partial charge in [0.25, 0.3) is 0 Å². The molecule has 0 amide bonds. The second kappa shape index (κ2) is 9.38. The second-order valence-electron chi connectivity index (χ2n) is 6.54. The first-order chi connectivity index (χ1) is 13.5. The molecule has 1 aliphatic heterocycles. The topological polar surface area (TPSA) is 52.6 Å². The minimum absolute atomic E-state index is 0.118. The van der Waals surface area contributed by atoms with Gasteiger partial charge in [0.2, 0.25) is 0 Å². The number of nitrogens with zero attached hydrogens (tertiary/aromatic N) is 3. The Balaban J connectivity index is 1.49. The zero-order valence-electron chi connectivity index (χ0n) is 15.7. The Hall–Kier alpha value is -2.13. The van der Waals surface area contributed by atoms with Crippen molar-refractivity contribution in [2.45, 2.75) is 32.6 Å². The molecule has 2 aromatic rings. The molecular weight excluding hydrogens is 387 g/mol. The highest BCUT2D eigenvalue weighted by molar-refractivity contribution is 7.09. The highest BCUT2D eigenvalue weighted by Crippen LogP contribution is 2.30. The van der Waals surface area contributed by atoms with Crippen LogP contribution in [0, 0.1) is 0 Å². The third-order valence-electron chi connectivity index (χ3n) is 4.49. The van der Waals surface area contributed by atoms with Crippen LogP contribution in [0.3, 0.4) is 0 Å². The van der Waals surface area contributed by atoms with Crippen LogP contribution in [-0.2, 0) is 25.7 Å². The summed E-state index contributed by atoms with van der Waals surface area (Å²) in [7, 11) is 0. The number of thiazole rings is 1. The summed E-state index contributed by atoms with van der Waals surface area (Å²) in [5.74, 6) is 0.587. The summed E-state index contributed by atoms with van der Waals surface area (Å²) in [6, 6.07) is 8.50. The number of aliphatic imine (C=N–C) groups is 1. The van der Waals surface area contributed by atoms with Gasteiger partial charge in [-0.05, 0) is 24.5 Å². The molecule has 0 atom stereocenters. The fourth-order valence-corrected chi connectivity index (χ4v) is 3.80. The van der Waals surface area contributed by atoms with E-state index in [0.717, 1.165) is 42.8 Å². The molecule has 152 valence electrons. The van der Waals surface area contributed by atoms with Crippen LogP contribution in [0.25, 0.3) is 0 Å². The molecular formula is C19H24F3N5S. The fourth-order valence-electron chi connectivity index (χ4n) is 3.08. The Morgan fingerprint density at radius 1 is 1.25 bits per heavy atom. The second-order valence-corrected chi connectivity index (χ2v) is 7.48. The molecule has 0 radical (unpaired) electrons. The van der Waals surface area contributed by atoms with E-state index in [-0.39, 0.29) is 6.54 Å². The lowest BCUT2D eigenvalue weighted by Crippen LogP contribution is -2.42. The molecule has 0 unspecified atom stereocenters. The third kappa shape index (κ3) is 5.68. The lowest BCUT2D eigenvalue weighted by Gasteiger charge is -2.28. The van der Waals surface area contributed by atoms with Gasteiger partial charge < -0.3 is 10.6 Å². The number of benzene rings is 1. The SMILES string of the molecule is CCNC(=NCc1nc(C(F)(F)F)cs1)NCCN1CCc2ccccc2C1. The van der Waals surface area contributed by atoms with Crippen molar-refractivity contribution in [3.05, 3.63) is 51.5 Å². The quantitative estimate of drug-likeness (QED) is 0.566. The lowest BCUT2D eigenvalue weighted by atomic mass is 10.00. The Bertz CT molecular complexity index is 803. The summed E-state index contributed by atoms with van der Waals surface area (Å²) in [6.45, 7) is 6.27. The van der Waals surface area contributed by atoms with Gasteiger partial charge in [-0.1, -0.05) is 24.3 Å². The van der Waals surface area contributed by atoms with Gasteiger partial charge in [-0.25, -0.2) is 9.98 Å². The predicted octanol–water partition coefficient (Wildman–Crippen LogP) is 3.28. The van der Waals surface area contributed by atoms with Crippen molar-refractivity contribution in [2.75, 3.05) is 26.2 Å². The number of alkyl halides is 3. The van der Waals surface area contributed by atoms with Gasteiger partial charge in [0.1, 0.15) is 5.01 Å². The summed E-state index contributed by atoms with van der Waals surface area (Å²) in [6.07, 6.45) is -3.36. The summed E-state index contributed by atoms with van der Waals surface area (Å²) < 4.78 is 37.9. The van der Waals surface area contributed by atoms with Gasteiger partial charge in [0.05, 0.1) is 6.54 Å². The molecule has 0 spiro atoms. The van der Waals surface area contributed by atoms with Crippen molar-refractivity contribution in [1.29, 1.82) is 0 Å². The van der Waals surface area contributed by atoms with Crippen molar-refractivity contribution in [1.82, 2.24) is 20.5 Å². The molecule has 1 aromatic carbocycles. The van der Waals surface area contributed by atoms with Crippen LogP contribution in [0.5, 0.6) is 0 Å². The van der Waals surface area contributed by atoms with Crippen LogP contribution in [0.2, 0.25) is 0 Å². The maximum absolute atomic E-state index is 12.6. The van der Waals surface area contributed by atoms with Crippen molar-refractivity contribution in [3.63, 3.8) is 0 Å². The van der Waals surface area contributed by atoms with Crippen LogP contribution in [-0.4, -0.2) is 42.0 Å². The molecule has 28 heavy (non-hydrogen) atoms. The molecule has 2 heterocycles. The number of fused-ring (bicyclic) bond motifs is 1. The van der Waals surface area contributed by atoms with Gasteiger partial charge in [-0.3, -0.25) is 4.90 Å². The van der Waals surface area contributed by atoms with E-state index in [0.29, 0.717) is 24.1 Å². The molecule has 0 saturated carbocycles. The van der Waals surface area contributed by atoms with E-state index in [9.17, 15) is 13.2 Å². The van der Waals surface area contributed by atoms with Crippen molar-refractivity contribution in [2.24, 2.45) is 4.99 Å². The normalized spacial score (nSPS) is 15.4. The molecule has 0 aliphatic carbocycles. The summed E-state index contributed by atoms with van der Waals surface area (Å²) in [5, 5.41) is 7.74. The van der Waals surface area contributed by atoms with Crippen molar-refractivity contribution in [3.8, 4) is 0 Å². The number of rotatable bonds is 6. The summed E-state index contributed by atoms with van der Waals surface area (Å²) in [5.41, 5.74) is 1.94. The van der Waals surface area contributed by atoms with Gasteiger partial charge in [-0.2, -0.15) is 13.2 Å². The number of aromatic nitrogens is 1. The zero-order valence-corrected chi connectivity index (χ0v) is 16.5. The molecule has 0 saturated heterocycles. The Kier molecular flexibility index (Phi) is 6.90. The number of nitrogens with one attached hydrogen (secondary N) is 2. The maximum atomic E-state index is 12.6. The van der Waals surface area contributed by atoms with Gasteiger partial charge in [0, 0.05) is 38.1 Å². The van der Waals surface area contributed by atoms with Crippen LogP contribution in [0.1, 0.15) is 28.8 Å². The van der Waals surface area contributed by atoms with Crippen molar-refractivity contribution >= 4 is 17.3 Å². The zero-order chi connectivity index (χ0) is 20.0. The van der Waals surface area contributed by atoms with E-state index in [2.05, 4.69) is 49.8 Å². The Labute approximate surface area is 166 Å². The third-order valence-corrected chi connectivity index (χ3v) is 5.32. The molecule has 0 fully saturated rings. The minimum Gasteiger partial charge on any atom is -0.357 e. The number of hydrogen-bond acceptors (Lipinski definition) is 4. The van der Waals surface area contributed by atoms with Crippen molar-refractivity contribution < 1.29 is 13.2 Å². The predicted molar refractivity (Wildman–Crippen MR) is 105 cm³/mol. The van der Waals surface area contributed by atoms with Gasteiger partial charge >= 0.3 is 6.18 Å². The van der Waals surface area contributed by atoms with Crippen LogP contribution < -0.4 is 10.6 Å². The Morgan fingerprint density at radius 2 is 2.04 bits per heavy atom. The number of halogens is 3. The van der Waals surface area contributed by atoms with Crippen LogP contribution in [0.4, 0.5) is 13.2 Å². The monoisotopic (exact) mass is 411 g/mol. The largest absolute Gasteiger partial charge is 0.434 e. The van der Waals surface area contributed by atoms with E-state index in [1.807, 2.05) is 6.92 Å². The maximum Gasteiger partial charge on any atom is 0.434 e. The average Bonchev–Trinajstić information content (AvgIpc) is 3.15. The average molecular weight is 411 g/mol. The molecule has 1 aliphatic rings. The van der Waals surface area contributed by atoms with Gasteiger partial charge in [-0.15, -0.1) is 11.3 Å². The first-order valence-electron chi connectivity index (χ1n) is 9.28. The fraction of sp³-hybridized carbons (Fsp3) is 0.474. The molecule has 5 nitrogen and oxygen atoms in total. The Morgan fingerprint density at radius 3 is 2.75 bits per heavy atom. The molecule has 3 rings (SSSR count). The standard InChI is InChI=1S/C19H24F3N5S/c1-2-23-18(25-11-17-26-16(13-28-17)19(20,21)22)24-8-10-27-9-7-14-5-3-4-6-15(14)12-27/h3-6,13H,2,7-12H2,1H3,(H2,23,24,25). The first kappa shape index (κ1) is 20.6. The lowest BCUT2D eigenvalue weighted by molar-refractivity contribution is -0.140. The van der Waals surface area contributed by atoms with E-state index in [1.54, 1.807) is 0 Å².